The molecule has 1 heterocycles. The van der Waals surface area contributed by atoms with Gasteiger partial charge in [-0.1, -0.05) is 35.9 Å². The van der Waals surface area contributed by atoms with Gasteiger partial charge in [0.25, 0.3) is 0 Å². The molecule has 0 saturated carbocycles. The highest BCUT2D eigenvalue weighted by molar-refractivity contribution is 7.54. The molecule has 1 saturated heterocycles. The third kappa shape index (κ3) is 4.72. The molecule has 1 aliphatic heterocycles. The standard InChI is InChI=1S/C19H21F3NO3P/c1-13-6-8-15(9-7-13)18(27(24)25-11-10-14(2)26-27)23-17-5-3-4-16(12-17)19(20,21)22/h3-9,12,14,18,23H,10-11H2,1-2H3/t14-,18-,27-/m0/s1. The van der Waals surface area contributed by atoms with Crippen LogP contribution in [0.2, 0.25) is 0 Å². The molecule has 0 amide bonds. The summed E-state index contributed by atoms with van der Waals surface area (Å²) in [6.45, 7) is 3.98. The fourth-order valence-electron chi connectivity index (χ4n) is 2.85. The average molecular weight is 399 g/mol. The van der Waals surface area contributed by atoms with Crippen LogP contribution in [0.3, 0.4) is 0 Å². The summed E-state index contributed by atoms with van der Waals surface area (Å²) in [5, 5.41) is 2.94. The lowest BCUT2D eigenvalue weighted by Gasteiger charge is -2.34. The molecule has 146 valence electrons. The van der Waals surface area contributed by atoms with Crippen molar-refractivity contribution in [3.05, 3.63) is 65.2 Å². The molecule has 1 N–H and O–H groups in total. The van der Waals surface area contributed by atoms with Crippen LogP contribution in [0.1, 0.15) is 35.8 Å². The van der Waals surface area contributed by atoms with Crippen LogP contribution in [0.25, 0.3) is 0 Å². The van der Waals surface area contributed by atoms with Crippen molar-refractivity contribution in [3.63, 3.8) is 0 Å². The zero-order valence-corrected chi connectivity index (χ0v) is 15.9. The first-order valence-electron chi connectivity index (χ1n) is 8.60. The molecule has 0 aliphatic carbocycles. The van der Waals surface area contributed by atoms with Crippen LogP contribution in [-0.2, 0) is 19.8 Å². The number of benzene rings is 2. The van der Waals surface area contributed by atoms with Gasteiger partial charge in [-0.05, 0) is 44.0 Å². The number of nitrogens with one attached hydrogen (secondary N) is 1. The Hall–Kier alpha value is -1.82. The Labute approximate surface area is 156 Å². The number of anilines is 1. The summed E-state index contributed by atoms with van der Waals surface area (Å²) in [6.07, 6.45) is -4.12. The van der Waals surface area contributed by atoms with E-state index < -0.39 is 25.1 Å². The molecule has 1 aliphatic rings. The second-order valence-electron chi connectivity index (χ2n) is 6.61. The highest BCUT2D eigenvalue weighted by Gasteiger charge is 2.41. The molecule has 0 spiro atoms. The van der Waals surface area contributed by atoms with Gasteiger partial charge in [-0.25, -0.2) is 0 Å². The minimum absolute atomic E-state index is 0.191. The smallest absolute Gasteiger partial charge is 0.368 e. The Balaban J connectivity index is 1.98. The first kappa shape index (κ1) is 19.9. The lowest BCUT2D eigenvalue weighted by molar-refractivity contribution is -0.137. The van der Waals surface area contributed by atoms with E-state index in [1.54, 1.807) is 19.1 Å². The molecule has 0 aromatic heterocycles. The van der Waals surface area contributed by atoms with E-state index in [0.717, 1.165) is 17.7 Å². The molecule has 3 atom stereocenters. The van der Waals surface area contributed by atoms with Crippen molar-refractivity contribution < 1.29 is 26.8 Å². The number of aryl methyl sites for hydroxylation is 1. The van der Waals surface area contributed by atoms with Gasteiger partial charge >= 0.3 is 13.8 Å². The molecule has 0 bridgehead atoms. The number of rotatable bonds is 4. The van der Waals surface area contributed by atoms with E-state index in [-0.39, 0.29) is 18.4 Å². The van der Waals surface area contributed by atoms with E-state index >= 15 is 0 Å². The zero-order chi connectivity index (χ0) is 19.7. The van der Waals surface area contributed by atoms with E-state index in [4.69, 9.17) is 9.05 Å². The highest BCUT2D eigenvalue weighted by Crippen LogP contribution is 2.63. The Morgan fingerprint density at radius 2 is 1.89 bits per heavy atom. The van der Waals surface area contributed by atoms with E-state index in [0.29, 0.717) is 12.0 Å². The molecule has 8 heteroatoms. The number of halogens is 3. The Bertz CT molecular complexity index is 839. The molecule has 1 fully saturated rings. The van der Waals surface area contributed by atoms with Gasteiger partial charge in [0, 0.05) is 5.69 Å². The number of hydrogen-bond acceptors (Lipinski definition) is 4. The van der Waals surface area contributed by atoms with Crippen LogP contribution in [-0.4, -0.2) is 12.7 Å². The third-order valence-electron chi connectivity index (χ3n) is 4.33. The molecular weight excluding hydrogens is 378 g/mol. The van der Waals surface area contributed by atoms with Crippen molar-refractivity contribution in [2.45, 2.75) is 38.3 Å². The topological polar surface area (TPSA) is 47.6 Å². The molecular formula is C19H21F3NO3P. The SMILES string of the molecule is Cc1ccc([C@@H](Nc2cccc(C(F)(F)F)c2)[P@]2(=O)OCC[C@H](C)O2)cc1. The summed E-state index contributed by atoms with van der Waals surface area (Å²) >= 11 is 0. The van der Waals surface area contributed by atoms with Crippen LogP contribution in [0, 0.1) is 6.92 Å². The predicted octanol–water partition coefficient (Wildman–Crippen LogP) is 6.14. The third-order valence-corrected chi connectivity index (χ3v) is 6.58. The molecule has 2 aromatic carbocycles. The van der Waals surface area contributed by atoms with Gasteiger partial charge in [0.1, 0.15) is 0 Å². The van der Waals surface area contributed by atoms with Gasteiger partial charge in [0.2, 0.25) is 0 Å². The monoisotopic (exact) mass is 399 g/mol. The quantitative estimate of drug-likeness (QED) is 0.627. The zero-order valence-electron chi connectivity index (χ0n) is 15.0. The minimum atomic E-state index is -4.46. The van der Waals surface area contributed by atoms with Gasteiger partial charge in [-0.2, -0.15) is 13.2 Å². The van der Waals surface area contributed by atoms with Crippen molar-refractivity contribution >= 4 is 13.3 Å². The van der Waals surface area contributed by atoms with Crippen molar-refractivity contribution in [1.29, 1.82) is 0 Å². The van der Waals surface area contributed by atoms with Gasteiger partial charge in [0.05, 0.1) is 18.3 Å². The predicted molar refractivity (Wildman–Crippen MR) is 97.7 cm³/mol. The van der Waals surface area contributed by atoms with E-state index in [2.05, 4.69) is 5.32 Å². The Morgan fingerprint density at radius 1 is 1.19 bits per heavy atom. The maximum Gasteiger partial charge on any atom is 0.416 e. The molecule has 27 heavy (non-hydrogen) atoms. The molecule has 0 unspecified atom stereocenters. The molecule has 4 nitrogen and oxygen atoms in total. The summed E-state index contributed by atoms with van der Waals surface area (Å²) in [5.41, 5.74) is 1.03. The first-order valence-corrected chi connectivity index (χ1v) is 10.2. The molecule has 2 aromatic rings. The molecule has 0 radical (unpaired) electrons. The van der Waals surface area contributed by atoms with Crippen LogP contribution < -0.4 is 5.32 Å². The highest BCUT2D eigenvalue weighted by atomic mass is 31.2. The fraction of sp³-hybridized carbons (Fsp3) is 0.368. The Kier molecular flexibility index (Phi) is 5.65. The van der Waals surface area contributed by atoms with Crippen LogP contribution in [0.4, 0.5) is 18.9 Å². The maximum absolute atomic E-state index is 13.4. The summed E-state index contributed by atoms with van der Waals surface area (Å²) in [6, 6.07) is 12.0. The summed E-state index contributed by atoms with van der Waals surface area (Å²) in [7, 11) is -3.63. The van der Waals surface area contributed by atoms with Crippen LogP contribution >= 0.6 is 7.60 Å². The maximum atomic E-state index is 13.4. The Morgan fingerprint density at radius 3 is 2.52 bits per heavy atom. The van der Waals surface area contributed by atoms with Gasteiger partial charge < -0.3 is 14.4 Å². The van der Waals surface area contributed by atoms with Gasteiger partial charge in [-0.15, -0.1) is 0 Å². The van der Waals surface area contributed by atoms with Crippen LogP contribution in [0.5, 0.6) is 0 Å². The second-order valence-corrected chi connectivity index (χ2v) is 8.68. The van der Waals surface area contributed by atoms with E-state index in [1.165, 1.54) is 12.1 Å². The van der Waals surface area contributed by atoms with Crippen molar-refractivity contribution in [2.24, 2.45) is 0 Å². The van der Waals surface area contributed by atoms with Gasteiger partial charge in [-0.3, -0.25) is 4.57 Å². The van der Waals surface area contributed by atoms with Crippen molar-refractivity contribution in [1.82, 2.24) is 0 Å². The summed E-state index contributed by atoms with van der Waals surface area (Å²) < 4.78 is 63.6. The molecule has 3 rings (SSSR count). The first-order chi connectivity index (χ1) is 12.7. The number of hydrogen-bond donors (Lipinski definition) is 1. The van der Waals surface area contributed by atoms with E-state index in [1.807, 2.05) is 19.1 Å². The van der Waals surface area contributed by atoms with Crippen molar-refractivity contribution in [2.75, 3.05) is 11.9 Å². The average Bonchev–Trinajstić information content (AvgIpc) is 2.60. The largest absolute Gasteiger partial charge is 0.416 e. The number of alkyl halides is 3. The van der Waals surface area contributed by atoms with Gasteiger partial charge in [0.15, 0.2) is 5.78 Å². The lowest BCUT2D eigenvalue weighted by Crippen LogP contribution is -2.23. The summed E-state index contributed by atoms with van der Waals surface area (Å²) in [4.78, 5) is 0. The second kappa shape index (κ2) is 7.66. The normalized spacial score (nSPS) is 24.4. The van der Waals surface area contributed by atoms with Crippen molar-refractivity contribution in [3.8, 4) is 0 Å². The van der Waals surface area contributed by atoms with Crippen LogP contribution in [0.15, 0.2) is 48.5 Å². The fourth-order valence-corrected chi connectivity index (χ4v) is 5.00. The summed E-state index contributed by atoms with van der Waals surface area (Å²) in [5.74, 6) is -0.913. The lowest BCUT2D eigenvalue weighted by atomic mass is 10.1. The van der Waals surface area contributed by atoms with E-state index in [9.17, 15) is 17.7 Å². The minimum Gasteiger partial charge on any atom is -0.368 e.